The standard InChI is InChI=1S/C20H31N3O2/c1-15(2)8-11-23-12-9-17(10-13-23)22-20(25)21-14-19(24)18-7-5-4-6-16(18)3/h4-8,17,19,24H,9-14H2,1-3H3,(H2,21,22,25). The van der Waals surface area contributed by atoms with Gasteiger partial charge in [0.05, 0.1) is 6.10 Å². The number of amides is 2. The molecule has 1 aliphatic heterocycles. The lowest BCUT2D eigenvalue weighted by atomic mass is 10.0. The second kappa shape index (κ2) is 9.59. The largest absolute Gasteiger partial charge is 0.387 e. The SMILES string of the molecule is CC(C)=CCN1CCC(NC(=O)NCC(O)c2ccccc2C)CC1. The van der Waals surface area contributed by atoms with Crippen LogP contribution in [0.3, 0.4) is 0 Å². The molecule has 1 saturated heterocycles. The van der Waals surface area contributed by atoms with Crippen LogP contribution in [0.1, 0.15) is 43.9 Å². The second-order valence-corrected chi connectivity index (χ2v) is 7.08. The molecule has 2 amide bonds. The quantitative estimate of drug-likeness (QED) is 0.695. The highest BCUT2D eigenvalue weighted by Gasteiger charge is 2.20. The Hall–Kier alpha value is -1.85. The maximum Gasteiger partial charge on any atom is 0.315 e. The Balaban J connectivity index is 1.69. The molecule has 5 nitrogen and oxygen atoms in total. The van der Waals surface area contributed by atoms with Gasteiger partial charge in [-0.3, -0.25) is 4.90 Å². The first kappa shape index (κ1) is 19.5. The first-order valence-corrected chi connectivity index (χ1v) is 9.09. The van der Waals surface area contributed by atoms with Crippen molar-refractivity contribution in [3.63, 3.8) is 0 Å². The van der Waals surface area contributed by atoms with Crippen LogP contribution < -0.4 is 10.6 Å². The topological polar surface area (TPSA) is 64.6 Å². The van der Waals surface area contributed by atoms with Crippen LogP contribution in [0.25, 0.3) is 0 Å². The Morgan fingerprint density at radius 1 is 1.32 bits per heavy atom. The molecule has 0 aromatic heterocycles. The molecule has 1 fully saturated rings. The van der Waals surface area contributed by atoms with Crippen molar-refractivity contribution in [3.05, 3.63) is 47.0 Å². The van der Waals surface area contributed by atoms with E-state index in [1.54, 1.807) is 0 Å². The van der Waals surface area contributed by atoms with E-state index in [1.807, 2.05) is 31.2 Å². The Morgan fingerprint density at radius 2 is 2.00 bits per heavy atom. The van der Waals surface area contributed by atoms with E-state index in [2.05, 4.69) is 35.5 Å². The highest BCUT2D eigenvalue weighted by Crippen LogP contribution is 2.16. The number of hydrogen-bond acceptors (Lipinski definition) is 3. The van der Waals surface area contributed by atoms with Crippen LogP contribution in [0.15, 0.2) is 35.9 Å². The number of aliphatic hydroxyl groups is 1. The molecular formula is C20H31N3O2. The van der Waals surface area contributed by atoms with Gasteiger partial charge in [0.15, 0.2) is 0 Å². The average molecular weight is 345 g/mol. The van der Waals surface area contributed by atoms with E-state index in [0.29, 0.717) is 0 Å². The molecule has 0 spiro atoms. The Kier molecular flexibility index (Phi) is 7.47. The fourth-order valence-electron chi connectivity index (χ4n) is 3.07. The van der Waals surface area contributed by atoms with Gasteiger partial charge >= 0.3 is 6.03 Å². The summed E-state index contributed by atoms with van der Waals surface area (Å²) in [6.07, 6.45) is 3.49. The first-order valence-electron chi connectivity index (χ1n) is 9.09. The molecular weight excluding hydrogens is 314 g/mol. The zero-order chi connectivity index (χ0) is 18.2. The van der Waals surface area contributed by atoms with Crippen molar-refractivity contribution in [1.29, 1.82) is 0 Å². The number of allylic oxidation sites excluding steroid dienone is 1. The maximum absolute atomic E-state index is 12.1. The summed E-state index contributed by atoms with van der Waals surface area (Å²) in [5.74, 6) is 0. The van der Waals surface area contributed by atoms with Gasteiger partial charge < -0.3 is 15.7 Å². The highest BCUT2D eigenvalue weighted by atomic mass is 16.3. The van der Waals surface area contributed by atoms with E-state index in [1.165, 1.54) is 5.57 Å². The zero-order valence-electron chi connectivity index (χ0n) is 15.6. The molecule has 1 aromatic carbocycles. The lowest BCUT2D eigenvalue weighted by Crippen LogP contribution is -2.48. The number of benzene rings is 1. The smallest absolute Gasteiger partial charge is 0.315 e. The van der Waals surface area contributed by atoms with E-state index in [0.717, 1.165) is 43.6 Å². The number of carbonyl (C=O) groups excluding carboxylic acids is 1. The number of aryl methyl sites for hydroxylation is 1. The zero-order valence-corrected chi connectivity index (χ0v) is 15.6. The average Bonchev–Trinajstić information content (AvgIpc) is 2.59. The molecule has 1 aliphatic rings. The Labute approximate surface area is 151 Å². The summed E-state index contributed by atoms with van der Waals surface area (Å²) in [4.78, 5) is 14.5. The molecule has 138 valence electrons. The summed E-state index contributed by atoms with van der Waals surface area (Å²) in [5.41, 5.74) is 3.23. The third kappa shape index (κ3) is 6.52. The van der Waals surface area contributed by atoms with Crippen molar-refractivity contribution in [3.8, 4) is 0 Å². The van der Waals surface area contributed by atoms with Gasteiger partial charge in [0.2, 0.25) is 0 Å². The molecule has 0 aliphatic carbocycles. The van der Waals surface area contributed by atoms with Gasteiger partial charge in [0.25, 0.3) is 0 Å². The van der Waals surface area contributed by atoms with Crippen molar-refractivity contribution in [2.45, 2.75) is 45.8 Å². The lowest BCUT2D eigenvalue weighted by molar-refractivity contribution is 0.169. The second-order valence-electron chi connectivity index (χ2n) is 7.08. The summed E-state index contributed by atoms with van der Waals surface area (Å²) in [6.45, 7) is 9.40. The number of hydrogen-bond donors (Lipinski definition) is 3. The summed E-state index contributed by atoms with van der Waals surface area (Å²) in [7, 11) is 0. The minimum absolute atomic E-state index is 0.199. The molecule has 5 heteroatoms. The van der Waals surface area contributed by atoms with E-state index >= 15 is 0 Å². The van der Waals surface area contributed by atoms with Crippen molar-refractivity contribution < 1.29 is 9.90 Å². The van der Waals surface area contributed by atoms with Gasteiger partial charge in [-0.2, -0.15) is 0 Å². The number of aliphatic hydroxyl groups excluding tert-OH is 1. The highest BCUT2D eigenvalue weighted by molar-refractivity contribution is 5.74. The van der Waals surface area contributed by atoms with Crippen LogP contribution in [-0.2, 0) is 0 Å². The summed E-state index contributed by atoms with van der Waals surface area (Å²) in [6, 6.07) is 7.70. The number of carbonyl (C=O) groups is 1. The molecule has 0 saturated carbocycles. The monoisotopic (exact) mass is 345 g/mol. The normalized spacial score (nSPS) is 17.0. The van der Waals surface area contributed by atoms with E-state index < -0.39 is 6.10 Å². The van der Waals surface area contributed by atoms with Gasteiger partial charge in [-0.1, -0.05) is 35.9 Å². The number of urea groups is 1. The molecule has 3 N–H and O–H groups in total. The lowest BCUT2D eigenvalue weighted by Gasteiger charge is -2.31. The van der Waals surface area contributed by atoms with Crippen molar-refractivity contribution in [1.82, 2.24) is 15.5 Å². The van der Waals surface area contributed by atoms with Crippen LogP contribution in [0.4, 0.5) is 4.79 Å². The predicted octanol–water partition coefficient (Wildman–Crippen LogP) is 2.76. The van der Waals surface area contributed by atoms with Gasteiger partial charge in [-0.05, 0) is 44.7 Å². The summed E-state index contributed by atoms with van der Waals surface area (Å²) >= 11 is 0. The van der Waals surface area contributed by atoms with Crippen LogP contribution in [-0.4, -0.2) is 48.3 Å². The van der Waals surface area contributed by atoms with E-state index in [4.69, 9.17) is 0 Å². The van der Waals surface area contributed by atoms with E-state index in [9.17, 15) is 9.90 Å². The molecule has 1 aromatic rings. The molecule has 1 heterocycles. The minimum Gasteiger partial charge on any atom is -0.387 e. The number of likely N-dealkylation sites (tertiary alicyclic amines) is 1. The van der Waals surface area contributed by atoms with Crippen LogP contribution >= 0.6 is 0 Å². The Bertz CT molecular complexity index is 588. The summed E-state index contributed by atoms with van der Waals surface area (Å²) in [5, 5.41) is 16.0. The number of nitrogens with zero attached hydrogens (tertiary/aromatic N) is 1. The van der Waals surface area contributed by atoms with Crippen molar-refractivity contribution in [2.24, 2.45) is 0 Å². The van der Waals surface area contributed by atoms with Crippen molar-refractivity contribution >= 4 is 6.03 Å². The first-order chi connectivity index (χ1) is 12.0. The summed E-state index contributed by atoms with van der Waals surface area (Å²) < 4.78 is 0. The van der Waals surface area contributed by atoms with Crippen LogP contribution in [0.5, 0.6) is 0 Å². The fourth-order valence-corrected chi connectivity index (χ4v) is 3.07. The molecule has 2 rings (SSSR count). The molecule has 0 radical (unpaired) electrons. The Morgan fingerprint density at radius 3 is 2.64 bits per heavy atom. The number of piperidine rings is 1. The molecule has 1 unspecified atom stereocenters. The minimum atomic E-state index is -0.683. The third-order valence-electron chi connectivity index (χ3n) is 4.68. The van der Waals surface area contributed by atoms with Crippen LogP contribution in [0, 0.1) is 6.92 Å². The van der Waals surface area contributed by atoms with E-state index in [-0.39, 0.29) is 18.6 Å². The molecule has 0 bridgehead atoms. The number of nitrogens with one attached hydrogen (secondary N) is 2. The number of rotatable bonds is 6. The fraction of sp³-hybridized carbons (Fsp3) is 0.550. The predicted molar refractivity (Wildman–Crippen MR) is 102 cm³/mol. The molecule has 1 atom stereocenters. The van der Waals surface area contributed by atoms with Gasteiger partial charge in [-0.25, -0.2) is 4.79 Å². The third-order valence-corrected chi connectivity index (χ3v) is 4.68. The maximum atomic E-state index is 12.1. The van der Waals surface area contributed by atoms with Crippen LogP contribution in [0.2, 0.25) is 0 Å². The van der Waals surface area contributed by atoms with Gasteiger partial charge in [0, 0.05) is 32.2 Å². The van der Waals surface area contributed by atoms with Gasteiger partial charge in [-0.15, -0.1) is 0 Å². The van der Waals surface area contributed by atoms with Gasteiger partial charge in [0.1, 0.15) is 0 Å². The molecule has 25 heavy (non-hydrogen) atoms. The van der Waals surface area contributed by atoms with Crippen molar-refractivity contribution in [2.75, 3.05) is 26.2 Å².